The van der Waals surface area contributed by atoms with Crippen LogP contribution < -0.4 is 0 Å². The maximum atomic E-state index is 6.11. The molecule has 0 saturated heterocycles. The zero-order valence-electron chi connectivity index (χ0n) is 29.0. The van der Waals surface area contributed by atoms with Crippen LogP contribution in [0, 0.1) is 38.5 Å². The van der Waals surface area contributed by atoms with E-state index in [0.717, 1.165) is 0 Å². The van der Waals surface area contributed by atoms with Crippen LogP contribution in [0.15, 0.2) is 106 Å². The summed E-state index contributed by atoms with van der Waals surface area (Å²) in [7, 11) is 0. The largest absolute Gasteiger partial charge is 1.00 e. The molecule has 0 amide bonds. The second-order valence-electron chi connectivity index (χ2n) is 10.7. The molecule has 6 radical (unpaired) electrons. The third-order valence-electron chi connectivity index (χ3n) is 6.41. The Kier molecular flexibility index (Phi) is 24.9. The first-order chi connectivity index (χ1) is 24.8. The van der Waals surface area contributed by atoms with Crippen LogP contribution in [0.1, 0.15) is 27.7 Å². The summed E-state index contributed by atoms with van der Waals surface area (Å²) in [5.41, 5.74) is 4.99. The van der Waals surface area contributed by atoms with Crippen molar-refractivity contribution in [2.45, 2.75) is 27.7 Å². The topological polar surface area (TPSA) is 52.9 Å². The van der Waals surface area contributed by atoms with Crippen LogP contribution in [0.3, 0.4) is 0 Å². The fourth-order valence-electron chi connectivity index (χ4n) is 4.21. The van der Waals surface area contributed by atoms with Crippen molar-refractivity contribution >= 4 is 127 Å². The van der Waals surface area contributed by atoms with E-state index in [1.165, 1.54) is 0 Å². The van der Waals surface area contributed by atoms with Gasteiger partial charge in [0.05, 0.1) is 20.1 Å². The molecule has 14 heteroatoms. The van der Waals surface area contributed by atoms with Gasteiger partial charge in [-0.05, 0) is 101 Å². The van der Waals surface area contributed by atoms with Crippen LogP contribution in [0.2, 0.25) is 40.2 Å². The number of aliphatic imine (C=N–C) groups is 2. The Morgan fingerprint density at radius 2 is 0.630 bits per heavy atom. The molecule has 0 N–H and O–H groups in total. The molecular weight excluding hydrogens is 947 g/mol. The van der Waals surface area contributed by atoms with E-state index in [4.69, 9.17) is 92.8 Å². The zero-order chi connectivity index (χ0) is 38.2. The number of nitrogens with zero attached hydrogens (tertiary/aromatic N) is 4. The van der Waals surface area contributed by atoms with Crippen molar-refractivity contribution in [3.63, 3.8) is 0 Å². The fraction of sp³-hybridized carbons (Fsp3) is 0.100. The summed E-state index contributed by atoms with van der Waals surface area (Å²) in [6.45, 7) is 7.36. The van der Waals surface area contributed by atoms with Gasteiger partial charge in [0.25, 0.3) is 0 Å². The number of allylic oxidation sites excluding steroid dienone is 4. The molecule has 0 spiro atoms. The minimum atomic E-state index is 0. The smallest absolute Gasteiger partial charge is 0.659 e. The predicted octanol–water partition coefficient (Wildman–Crippen LogP) is 17.2. The summed E-state index contributed by atoms with van der Waals surface area (Å²) in [4.78, 5) is 8.87. The van der Waals surface area contributed by atoms with Crippen molar-refractivity contribution in [2.24, 2.45) is 9.98 Å². The van der Waals surface area contributed by atoms with Crippen LogP contribution >= 0.6 is 92.8 Å². The van der Waals surface area contributed by atoms with Gasteiger partial charge in [0.2, 0.25) is 0 Å². The van der Waals surface area contributed by atoms with Crippen molar-refractivity contribution < 1.29 is 34.1 Å². The van der Waals surface area contributed by atoms with Gasteiger partial charge in [0.15, 0.2) is 0 Å². The van der Waals surface area contributed by atoms with E-state index >= 15 is 0 Å². The number of benzene rings is 4. The molecule has 4 aromatic carbocycles. The van der Waals surface area contributed by atoms with Gasteiger partial charge in [0.1, 0.15) is 11.4 Å². The molecule has 0 aromatic heterocycles. The van der Waals surface area contributed by atoms with Crippen molar-refractivity contribution in [2.75, 3.05) is 0 Å². The standard InChI is InChI=1S/2C17H13Cl4N2.C6H6.2Cu/c2*1-10(22-16-12(18)5-3-6-13(16)19)9-11(2)23-17-14(20)7-4-8-15(17)21;1-2-4-6-5-3-1;;/h2*3-9H,1-2H3;1-6H;;/q2*-1;;2*+1/b2*10-9-,23-11?;;;. The molecule has 0 bridgehead atoms. The van der Waals surface area contributed by atoms with Gasteiger partial charge in [-0.1, -0.05) is 154 Å². The van der Waals surface area contributed by atoms with Crippen molar-refractivity contribution in [3.05, 3.63) is 186 Å². The molecule has 0 unspecified atom stereocenters. The SMILES string of the molecule is CC(/C=C(/C)[N-]c1c(Cl)cccc1Cl)=Nc1c(Cl)cccc1Cl.CC(/C=C(/C)[N-]c1c(Cl)cccc1Cl)=Nc1c(Cl)cccc1Cl.[CH]1[CH][CH][CH][CH][CH]1.[Cu+].[Cu+]. The van der Waals surface area contributed by atoms with Crippen LogP contribution in [-0.4, -0.2) is 11.4 Å². The van der Waals surface area contributed by atoms with E-state index in [9.17, 15) is 0 Å². The molecule has 4 aromatic rings. The van der Waals surface area contributed by atoms with E-state index in [-0.39, 0.29) is 34.1 Å². The Bertz CT molecular complexity index is 1720. The minimum absolute atomic E-state index is 0. The van der Waals surface area contributed by atoms with Gasteiger partial charge in [-0.15, -0.1) is 0 Å². The quantitative estimate of drug-likeness (QED) is 0.125. The third-order valence-corrected chi connectivity index (χ3v) is 8.84. The van der Waals surface area contributed by atoms with Crippen molar-refractivity contribution in [3.8, 4) is 0 Å². The Balaban J connectivity index is 0.000000452. The molecule has 1 fully saturated rings. The van der Waals surface area contributed by atoms with Gasteiger partial charge in [-0.3, -0.25) is 9.98 Å². The van der Waals surface area contributed by atoms with Crippen LogP contribution in [0.25, 0.3) is 10.6 Å². The molecular formula is C40H32Cl8Cu2N4. The first-order valence-corrected chi connectivity index (χ1v) is 18.5. The molecule has 1 aliphatic carbocycles. The van der Waals surface area contributed by atoms with E-state index in [1.807, 2.05) is 66.2 Å². The average molecular weight is 979 g/mol. The number of rotatable bonds is 8. The van der Waals surface area contributed by atoms with Gasteiger partial charge >= 0.3 is 34.1 Å². The normalized spacial score (nSPS) is 13.3. The minimum Gasteiger partial charge on any atom is -0.659 e. The number of hydrogen-bond donors (Lipinski definition) is 0. The molecule has 1 saturated carbocycles. The Morgan fingerprint density at radius 3 is 0.870 bits per heavy atom. The second-order valence-corrected chi connectivity index (χ2v) is 14.0. The monoisotopic (exact) mass is 974 g/mol. The first-order valence-electron chi connectivity index (χ1n) is 15.4. The molecule has 0 heterocycles. The fourth-order valence-corrected chi connectivity index (χ4v) is 6.14. The van der Waals surface area contributed by atoms with E-state index < -0.39 is 0 Å². The van der Waals surface area contributed by atoms with Gasteiger partial charge in [-0.25, -0.2) is 0 Å². The maximum absolute atomic E-state index is 6.11. The van der Waals surface area contributed by atoms with Crippen LogP contribution in [-0.2, 0) is 34.1 Å². The van der Waals surface area contributed by atoms with E-state index in [1.54, 1.807) is 84.9 Å². The predicted molar refractivity (Wildman–Crippen MR) is 231 cm³/mol. The number of hydrogen-bond acceptors (Lipinski definition) is 2. The molecule has 0 aliphatic heterocycles. The summed E-state index contributed by atoms with van der Waals surface area (Å²) >= 11 is 48.9. The van der Waals surface area contributed by atoms with Crippen LogP contribution in [0.5, 0.6) is 0 Å². The average Bonchev–Trinajstić information content (AvgIpc) is 3.09. The van der Waals surface area contributed by atoms with Crippen LogP contribution in [0.4, 0.5) is 22.7 Å². The molecule has 0 atom stereocenters. The molecule has 54 heavy (non-hydrogen) atoms. The summed E-state index contributed by atoms with van der Waals surface area (Å²) in [6.07, 6.45) is 15.6. The molecule has 4 nitrogen and oxygen atoms in total. The van der Waals surface area contributed by atoms with Crippen molar-refractivity contribution in [1.29, 1.82) is 0 Å². The maximum Gasteiger partial charge on any atom is 1.00 e. The van der Waals surface area contributed by atoms with E-state index in [2.05, 4.69) is 20.6 Å². The number of para-hydroxylation sites is 4. The molecule has 290 valence electrons. The third kappa shape index (κ3) is 17.4. The van der Waals surface area contributed by atoms with E-state index in [0.29, 0.717) is 85.7 Å². The molecule has 1 aliphatic rings. The zero-order valence-corrected chi connectivity index (χ0v) is 36.9. The Morgan fingerprint density at radius 1 is 0.407 bits per heavy atom. The molecule has 5 rings (SSSR count). The Labute approximate surface area is 381 Å². The van der Waals surface area contributed by atoms with Gasteiger partial charge in [0, 0.05) is 31.5 Å². The van der Waals surface area contributed by atoms with Gasteiger partial charge in [-0.2, -0.15) is 11.4 Å². The van der Waals surface area contributed by atoms with Crippen molar-refractivity contribution in [1.82, 2.24) is 0 Å². The second kappa shape index (κ2) is 26.6. The first kappa shape index (κ1) is 50.7. The number of halogens is 8. The summed E-state index contributed by atoms with van der Waals surface area (Å²) in [6, 6.07) is 21.0. The summed E-state index contributed by atoms with van der Waals surface area (Å²) in [5, 5.41) is 12.8. The summed E-state index contributed by atoms with van der Waals surface area (Å²) < 4.78 is 0. The Hall–Kier alpha value is -1.34. The summed E-state index contributed by atoms with van der Waals surface area (Å²) in [5.74, 6) is 0. The van der Waals surface area contributed by atoms with Gasteiger partial charge < -0.3 is 10.6 Å².